The molecule has 18 heavy (non-hydrogen) atoms. The molecule has 0 aromatic rings. The minimum atomic E-state index is 0.335. The number of hydrogen-bond donors (Lipinski definition) is 1. The number of ether oxygens (including phenoxy) is 1. The molecule has 1 saturated heterocycles. The van der Waals surface area contributed by atoms with Gasteiger partial charge in [0.05, 0.1) is 6.10 Å². The molecule has 0 aromatic carbocycles. The van der Waals surface area contributed by atoms with Gasteiger partial charge in [-0.2, -0.15) is 0 Å². The van der Waals surface area contributed by atoms with Crippen LogP contribution in [0.15, 0.2) is 0 Å². The molecule has 2 heteroatoms. The smallest absolute Gasteiger partial charge is 0.0684 e. The predicted molar refractivity (Wildman–Crippen MR) is 74.6 cm³/mol. The molecule has 0 bridgehead atoms. The summed E-state index contributed by atoms with van der Waals surface area (Å²) in [5.41, 5.74) is 0.335. The van der Waals surface area contributed by atoms with Crippen LogP contribution in [0.4, 0.5) is 0 Å². The topological polar surface area (TPSA) is 21.3 Å². The molecule has 104 valence electrons. The zero-order chi connectivity index (χ0) is 12.8. The third-order valence-electron chi connectivity index (χ3n) is 5.55. The second-order valence-corrected chi connectivity index (χ2v) is 7.35. The second-order valence-electron chi connectivity index (χ2n) is 7.35. The quantitative estimate of drug-likeness (QED) is 0.809. The van der Waals surface area contributed by atoms with Crippen LogP contribution in [0.2, 0.25) is 0 Å². The summed E-state index contributed by atoms with van der Waals surface area (Å²) >= 11 is 0. The van der Waals surface area contributed by atoms with Crippen LogP contribution in [-0.4, -0.2) is 24.8 Å². The van der Waals surface area contributed by atoms with E-state index in [9.17, 15) is 0 Å². The van der Waals surface area contributed by atoms with Crippen molar-refractivity contribution in [3.8, 4) is 0 Å². The van der Waals surface area contributed by atoms with Crippen LogP contribution in [0.3, 0.4) is 0 Å². The molecule has 0 spiro atoms. The maximum atomic E-state index is 5.99. The van der Waals surface area contributed by atoms with E-state index in [4.69, 9.17) is 4.74 Å². The van der Waals surface area contributed by atoms with Gasteiger partial charge in [-0.25, -0.2) is 0 Å². The molecule has 2 nitrogen and oxygen atoms in total. The first kappa shape index (κ1) is 12.9. The van der Waals surface area contributed by atoms with Crippen molar-refractivity contribution in [1.82, 2.24) is 5.32 Å². The fraction of sp³-hybridized carbons (Fsp3) is 1.00. The molecule has 2 aliphatic carbocycles. The Balaban J connectivity index is 1.60. The van der Waals surface area contributed by atoms with E-state index in [-0.39, 0.29) is 0 Å². The largest absolute Gasteiger partial charge is 0.377 e. The molecular weight excluding hydrogens is 222 g/mol. The minimum absolute atomic E-state index is 0.335. The van der Waals surface area contributed by atoms with Crippen LogP contribution in [-0.2, 0) is 4.74 Å². The number of nitrogens with one attached hydrogen (secondary N) is 1. The number of fused-ring (bicyclic) bond motifs is 1. The maximum Gasteiger partial charge on any atom is 0.0684 e. The van der Waals surface area contributed by atoms with Gasteiger partial charge in [-0.3, -0.25) is 0 Å². The molecule has 4 atom stereocenters. The molecule has 2 saturated carbocycles. The summed E-state index contributed by atoms with van der Waals surface area (Å²) in [5.74, 6) is 1.81. The second kappa shape index (κ2) is 4.79. The van der Waals surface area contributed by atoms with E-state index in [2.05, 4.69) is 26.1 Å². The van der Waals surface area contributed by atoms with Crippen molar-refractivity contribution < 1.29 is 4.74 Å². The van der Waals surface area contributed by atoms with Gasteiger partial charge in [0.15, 0.2) is 0 Å². The Labute approximate surface area is 112 Å². The van der Waals surface area contributed by atoms with Crippen LogP contribution in [0.5, 0.6) is 0 Å². The minimum Gasteiger partial charge on any atom is -0.377 e. The first-order valence-electron chi connectivity index (χ1n) is 8.00. The Morgan fingerprint density at radius 2 is 2.06 bits per heavy atom. The van der Waals surface area contributed by atoms with E-state index in [1.54, 1.807) is 0 Å². The Kier molecular flexibility index (Phi) is 3.44. The van der Waals surface area contributed by atoms with Gasteiger partial charge in [0, 0.05) is 30.0 Å². The van der Waals surface area contributed by atoms with E-state index < -0.39 is 0 Å². The molecule has 1 heterocycles. The Morgan fingerprint density at radius 1 is 1.28 bits per heavy atom. The van der Waals surface area contributed by atoms with Crippen molar-refractivity contribution in [3.05, 3.63) is 0 Å². The highest BCUT2D eigenvalue weighted by atomic mass is 16.5. The monoisotopic (exact) mass is 251 g/mol. The van der Waals surface area contributed by atoms with Gasteiger partial charge in [0.1, 0.15) is 0 Å². The van der Waals surface area contributed by atoms with Crippen molar-refractivity contribution in [3.63, 3.8) is 0 Å². The number of hydrogen-bond acceptors (Lipinski definition) is 2. The van der Waals surface area contributed by atoms with Crippen LogP contribution >= 0.6 is 0 Å². The van der Waals surface area contributed by atoms with Gasteiger partial charge in [0.2, 0.25) is 0 Å². The van der Waals surface area contributed by atoms with Crippen LogP contribution in [0.25, 0.3) is 0 Å². The Bertz CT molecular complexity index is 297. The molecule has 3 aliphatic rings. The molecule has 0 aromatic heterocycles. The molecular formula is C16H29NO. The van der Waals surface area contributed by atoms with Gasteiger partial charge in [-0.15, -0.1) is 0 Å². The molecule has 1 aliphatic heterocycles. The molecule has 3 rings (SSSR count). The van der Waals surface area contributed by atoms with Crippen molar-refractivity contribution in [1.29, 1.82) is 0 Å². The van der Waals surface area contributed by atoms with Gasteiger partial charge < -0.3 is 10.1 Å². The lowest BCUT2D eigenvalue weighted by molar-refractivity contribution is -0.194. The first-order valence-corrected chi connectivity index (χ1v) is 8.00. The van der Waals surface area contributed by atoms with Crippen molar-refractivity contribution in [2.24, 2.45) is 17.3 Å². The van der Waals surface area contributed by atoms with Crippen LogP contribution in [0.1, 0.15) is 59.3 Å². The summed E-state index contributed by atoms with van der Waals surface area (Å²) < 4.78 is 5.99. The zero-order valence-corrected chi connectivity index (χ0v) is 12.2. The van der Waals surface area contributed by atoms with Crippen molar-refractivity contribution >= 4 is 0 Å². The molecule has 0 amide bonds. The lowest BCUT2D eigenvalue weighted by Crippen LogP contribution is -2.70. The van der Waals surface area contributed by atoms with Gasteiger partial charge in [-0.05, 0) is 31.6 Å². The summed E-state index contributed by atoms with van der Waals surface area (Å²) in [7, 11) is 0. The van der Waals surface area contributed by atoms with Gasteiger partial charge in [0.25, 0.3) is 0 Å². The average molecular weight is 251 g/mol. The summed E-state index contributed by atoms with van der Waals surface area (Å²) in [4.78, 5) is 0. The van der Waals surface area contributed by atoms with E-state index in [1.165, 1.54) is 38.5 Å². The third kappa shape index (κ3) is 2.22. The van der Waals surface area contributed by atoms with E-state index >= 15 is 0 Å². The lowest BCUT2D eigenvalue weighted by Gasteiger charge is -2.61. The Morgan fingerprint density at radius 3 is 2.72 bits per heavy atom. The number of rotatable bonds is 5. The summed E-state index contributed by atoms with van der Waals surface area (Å²) in [6.07, 6.45) is 8.77. The van der Waals surface area contributed by atoms with Crippen LogP contribution < -0.4 is 5.32 Å². The van der Waals surface area contributed by atoms with Crippen molar-refractivity contribution in [2.75, 3.05) is 6.61 Å². The average Bonchev–Trinajstić information content (AvgIpc) is 3.18. The normalized spacial score (nSPS) is 39.8. The standard InChI is InChI=1S/C16H29NO/c1-4-12(10-11-7-8-11)17-14-13-6-5-9-18-15(13)16(14,2)3/h11-15,17H,4-10H2,1-3H3. The molecule has 4 unspecified atom stereocenters. The van der Waals surface area contributed by atoms with Crippen LogP contribution in [0, 0.1) is 17.3 Å². The molecule has 0 radical (unpaired) electrons. The maximum absolute atomic E-state index is 5.99. The van der Waals surface area contributed by atoms with E-state index in [0.29, 0.717) is 17.6 Å². The molecule has 1 N–H and O–H groups in total. The Hall–Kier alpha value is -0.0800. The van der Waals surface area contributed by atoms with E-state index in [1.807, 2.05) is 0 Å². The fourth-order valence-corrected chi connectivity index (χ4v) is 4.22. The third-order valence-corrected chi connectivity index (χ3v) is 5.55. The highest BCUT2D eigenvalue weighted by Crippen LogP contribution is 2.51. The van der Waals surface area contributed by atoms with Gasteiger partial charge in [-0.1, -0.05) is 33.6 Å². The zero-order valence-electron chi connectivity index (χ0n) is 12.2. The van der Waals surface area contributed by atoms with Gasteiger partial charge >= 0.3 is 0 Å². The highest BCUT2D eigenvalue weighted by Gasteiger charge is 2.58. The van der Waals surface area contributed by atoms with E-state index in [0.717, 1.165) is 24.5 Å². The molecule has 3 fully saturated rings. The summed E-state index contributed by atoms with van der Waals surface area (Å²) in [6, 6.07) is 1.43. The predicted octanol–water partition coefficient (Wildman–Crippen LogP) is 3.36. The fourth-order valence-electron chi connectivity index (χ4n) is 4.22. The SMILES string of the molecule is CCC(CC1CC1)NC1C2CCCOC2C1(C)C. The summed E-state index contributed by atoms with van der Waals surface area (Å²) in [6.45, 7) is 8.10. The summed E-state index contributed by atoms with van der Waals surface area (Å²) in [5, 5.41) is 3.98. The highest BCUT2D eigenvalue weighted by molar-refractivity contribution is 5.10. The lowest BCUT2D eigenvalue weighted by atomic mass is 9.55. The first-order chi connectivity index (χ1) is 8.63. The van der Waals surface area contributed by atoms with Crippen molar-refractivity contribution in [2.45, 2.75) is 77.5 Å².